The molecule has 1 aromatic rings. The van der Waals surface area contributed by atoms with Crippen LogP contribution in [0.3, 0.4) is 0 Å². The number of anilines is 2. The van der Waals surface area contributed by atoms with Gasteiger partial charge in [-0.1, -0.05) is 13.3 Å². The molecular weight excluding hydrogens is 258 g/mol. The topological polar surface area (TPSA) is 107 Å². The number of esters is 1. The molecule has 0 radical (unpaired) electrons. The van der Waals surface area contributed by atoms with Crippen LogP contribution in [0.25, 0.3) is 0 Å². The van der Waals surface area contributed by atoms with Crippen LogP contribution in [0, 0.1) is 0 Å². The fourth-order valence-electron chi connectivity index (χ4n) is 1.61. The van der Waals surface area contributed by atoms with Crippen LogP contribution in [0.15, 0.2) is 18.2 Å². The zero-order valence-electron chi connectivity index (χ0n) is 11.8. The van der Waals surface area contributed by atoms with Gasteiger partial charge in [0.15, 0.2) is 6.10 Å². The summed E-state index contributed by atoms with van der Waals surface area (Å²) in [7, 11) is 0. The number of benzene rings is 1. The predicted molar refractivity (Wildman–Crippen MR) is 78.1 cm³/mol. The highest BCUT2D eigenvalue weighted by molar-refractivity contribution is 5.94. The summed E-state index contributed by atoms with van der Waals surface area (Å²) in [5.41, 5.74) is 12.2. The smallest absolute Gasteiger partial charge is 0.339 e. The standard InChI is InChI=1S/C14H21N3O3/c1-3-4-5-17-13(18)9(2)20-14(19)10-6-11(15)8-12(16)7-10/h6-9H,3-5,15-16H2,1-2H3,(H,17,18). The molecule has 6 heteroatoms. The Bertz CT molecular complexity index is 468. The first-order chi connectivity index (χ1) is 9.43. The molecule has 0 bridgehead atoms. The molecule has 0 aliphatic rings. The van der Waals surface area contributed by atoms with E-state index in [0.29, 0.717) is 17.9 Å². The summed E-state index contributed by atoms with van der Waals surface area (Å²) in [5.74, 6) is -0.939. The molecule has 1 aromatic carbocycles. The number of nitrogens with two attached hydrogens (primary N) is 2. The van der Waals surface area contributed by atoms with Gasteiger partial charge in [-0.2, -0.15) is 0 Å². The van der Waals surface area contributed by atoms with E-state index in [-0.39, 0.29) is 11.5 Å². The number of ether oxygens (including phenoxy) is 1. The maximum Gasteiger partial charge on any atom is 0.339 e. The van der Waals surface area contributed by atoms with E-state index in [1.54, 1.807) is 0 Å². The minimum Gasteiger partial charge on any atom is -0.449 e. The van der Waals surface area contributed by atoms with Crippen molar-refractivity contribution in [3.8, 4) is 0 Å². The summed E-state index contributed by atoms with van der Waals surface area (Å²) in [6.07, 6.45) is 1.01. The van der Waals surface area contributed by atoms with Gasteiger partial charge >= 0.3 is 5.97 Å². The van der Waals surface area contributed by atoms with E-state index in [9.17, 15) is 9.59 Å². The molecule has 110 valence electrons. The number of unbranched alkanes of at least 4 members (excludes halogenated alkanes) is 1. The van der Waals surface area contributed by atoms with Crippen molar-refractivity contribution in [2.24, 2.45) is 0 Å². The zero-order chi connectivity index (χ0) is 15.1. The quantitative estimate of drug-likeness (QED) is 0.413. The number of carbonyl (C=O) groups excluding carboxylic acids is 2. The molecule has 5 N–H and O–H groups in total. The lowest BCUT2D eigenvalue weighted by Gasteiger charge is -2.13. The van der Waals surface area contributed by atoms with Crippen molar-refractivity contribution < 1.29 is 14.3 Å². The van der Waals surface area contributed by atoms with E-state index in [1.165, 1.54) is 25.1 Å². The van der Waals surface area contributed by atoms with Crippen molar-refractivity contribution in [1.29, 1.82) is 0 Å². The third-order valence-corrected chi connectivity index (χ3v) is 2.70. The molecule has 0 aromatic heterocycles. The van der Waals surface area contributed by atoms with Crippen molar-refractivity contribution >= 4 is 23.3 Å². The highest BCUT2D eigenvalue weighted by atomic mass is 16.5. The van der Waals surface area contributed by atoms with E-state index >= 15 is 0 Å². The molecule has 0 aliphatic carbocycles. The van der Waals surface area contributed by atoms with Gasteiger partial charge in [-0.05, 0) is 31.5 Å². The highest BCUT2D eigenvalue weighted by Crippen LogP contribution is 2.15. The first-order valence-electron chi connectivity index (χ1n) is 6.58. The molecule has 0 spiro atoms. The maximum atomic E-state index is 11.9. The van der Waals surface area contributed by atoms with E-state index in [0.717, 1.165) is 12.8 Å². The Kier molecular flexibility index (Phi) is 5.83. The van der Waals surface area contributed by atoms with Crippen molar-refractivity contribution in [3.63, 3.8) is 0 Å². The second-order valence-corrected chi connectivity index (χ2v) is 4.58. The molecule has 0 saturated carbocycles. The molecule has 0 heterocycles. The second kappa shape index (κ2) is 7.37. The molecular formula is C14H21N3O3. The summed E-state index contributed by atoms with van der Waals surface area (Å²) in [6.45, 7) is 4.12. The van der Waals surface area contributed by atoms with Gasteiger partial charge in [-0.25, -0.2) is 4.79 Å². The number of amides is 1. The van der Waals surface area contributed by atoms with E-state index in [4.69, 9.17) is 16.2 Å². The lowest BCUT2D eigenvalue weighted by Crippen LogP contribution is -2.36. The predicted octanol–water partition coefficient (Wildman–Crippen LogP) is 1.31. The minimum absolute atomic E-state index is 0.232. The van der Waals surface area contributed by atoms with Crippen LogP contribution >= 0.6 is 0 Å². The Labute approximate surface area is 118 Å². The van der Waals surface area contributed by atoms with Crippen LogP contribution in [-0.4, -0.2) is 24.5 Å². The van der Waals surface area contributed by atoms with Gasteiger partial charge in [0.1, 0.15) is 0 Å². The number of nitrogens with one attached hydrogen (secondary N) is 1. The lowest BCUT2D eigenvalue weighted by atomic mass is 10.2. The summed E-state index contributed by atoms with van der Waals surface area (Å²) in [4.78, 5) is 23.6. The van der Waals surface area contributed by atoms with Crippen molar-refractivity contribution in [2.75, 3.05) is 18.0 Å². The normalized spacial score (nSPS) is 11.7. The third kappa shape index (κ3) is 4.79. The monoisotopic (exact) mass is 279 g/mol. The number of hydrogen-bond donors (Lipinski definition) is 3. The minimum atomic E-state index is -0.859. The fourth-order valence-corrected chi connectivity index (χ4v) is 1.61. The molecule has 6 nitrogen and oxygen atoms in total. The summed E-state index contributed by atoms with van der Waals surface area (Å²) in [5, 5.41) is 2.70. The Hall–Kier alpha value is -2.24. The SMILES string of the molecule is CCCCNC(=O)C(C)OC(=O)c1cc(N)cc(N)c1. The Balaban J connectivity index is 2.58. The van der Waals surface area contributed by atoms with Crippen molar-refractivity contribution in [2.45, 2.75) is 32.8 Å². The van der Waals surface area contributed by atoms with Crippen LogP contribution < -0.4 is 16.8 Å². The number of rotatable bonds is 6. The molecule has 0 aliphatic heterocycles. The van der Waals surface area contributed by atoms with Crippen LogP contribution in [-0.2, 0) is 9.53 Å². The average Bonchev–Trinajstić information content (AvgIpc) is 2.37. The van der Waals surface area contributed by atoms with Crippen LogP contribution in [0.1, 0.15) is 37.0 Å². The average molecular weight is 279 g/mol. The third-order valence-electron chi connectivity index (χ3n) is 2.70. The van der Waals surface area contributed by atoms with E-state index in [2.05, 4.69) is 5.32 Å². The van der Waals surface area contributed by atoms with Gasteiger partial charge in [0, 0.05) is 17.9 Å². The van der Waals surface area contributed by atoms with Crippen molar-refractivity contribution in [1.82, 2.24) is 5.32 Å². The van der Waals surface area contributed by atoms with E-state index in [1.807, 2.05) is 6.92 Å². The van der Waals surface area contributed by atoms with Crippen LogP contribution in [0.4, 0.5) is 11.4 Å². The number of carbonyl (C=O) groups is 2. The molecule has 1 rings (SSSR count). The summed E-state index contributed by atoms with van der Waals surface area (Å²) < 4.78 is 5.08. The van der Waals surface area contributed by atoms with Crippen molar-refractivity contribution in [3.05, 3.63) is 23.8 Å². The summed E-state index contributed by atoms with van der Waals surface area (Å²) >= 11 is 0. The Morgan fingerprint density at radius 1 is 1.25 bits per heavy atom. The van der Waals surface area contributed by atoms with Crippen LogP contribution in [0.5, 0.6) is 0 Å². The van der Waals surface area contributed by atoms with Gasteiger partial charge in [0.2, 0.25) is 0 Å². The molecule has 20 heavy (non-hydrogen) atoms. The fraction of sp³-hybridized carbons (Fsp3) is 0.429. The zero-order valence-corrected chi connectivity index (χ0v) is 11.8. The lowest BCUT2D eigenvalue weighted by molar-refractivity contribution is -0.129. The molecule has 1 amide bonds. The molecule has 0 saturated heterocycles. The number of nitrogen functional groups attached to an aromatic ring is 2. The van der Waals surface area contributed by atoms with Gasteiger partial charge in [-0.15, -0.1) is 0 Å². The van der Waals surface area contributed by atoms with Gasteiger partial charge < -0.3 is 21.5 Å². The number of hydrogen-bond acceptors (Lipinski definition) is 5. The summed E-state index contributed by atoms with van der Waals surface area (Å²) in [6, 6.07) is 4.46. The maximum absolute atomic E-state index is 11.9. The highest BCUT2D eigenvalue weighted by Gasteiger charge is 2.18. The molecule has 1 atom stereocenters. The molecule has 1 unspecified atom stereocenters. The Morgan fingerprint density at radius 2 is 1.85 bits per heavy atom. The van der Waals surface area contributed by atoms with Gasteiger partial charge in [-0.3, -0.25) is 4.79 Å². The van der Waals surface area contributed by atoms with Gasteiger partial charge in [0.25, 0.3) is 5.91 Å². The van der Waals surface area contributed by atoms with E-state index < -0.39 is 12.1 Å². The van der Waals surface area contributed by atoms with Gasteiger partial charge in [0.05, 0.1) is 5.56 Å². The first kappa shape index (κ1) is 15.8. The molecule has 0 fully saturated rings. The van der Waals surface area contributed by atoms with Crippen LogP contribution in [0.2, 0.25) is 0 Å². The Morgan fingerprint density at radius 3 is 2.40 bits per heavy atom. The second-order valence-electron chi connectivity index (χ2n) is 4.58. The first-order valence-corrected chi connectivity index (χ1v) is 6.58. The largest absolute Gasteiger partial charge is 0.449 e.